The van der Waals surface area contributed by atoms with Crippen LogP contribution in [0.4, 0.5) is 0 Å². The number of piperidine rings is 1. The van der Waals surface area contributed by atoms with E-state index >= 15 is 0 Å². The van der Waals surface area contributed by atoms with Gasteiger partial charge in [-0.15, -0.1) is 0 Å². The number of likely N-dealkylation sites (tertiary alicyclic amines) is 1. The highest BCUT2D eigenvalue weighted by Crippen LogP contribution is 2.23. The molecular weight excluding hydrogens is 222 g/mol. The molecule has 1 aliphatic heterocycles. The smallest absolute Gasteiger partial charge is 0.129 e. The summed E-state index contributed by atoms with van der Waals surface area (Å²) in [5.74, 6) is 0. The van der Waals surface area contributed by atoms with Gasteiger partial charge in [-0.3, -0.25) is 4.90 Å². The first-order valence-corrected chi connectivity index (χ1v) is 5.94. The van der Waals surface area contributed by atoms with Gasteiger partial charge in [0.2, 0.25) is 0 Å². The van der Waals surface area contributed by atoms with E-state index in [1.165, 1.54) is 19.3 Å². The number of hydrogen-bond acceptors (Lipinski definition) is 3. The van der Waals surface area contributed by atoms with Crippen molar-refractivity contribution in [1.29, 1.82) is 5.26 Å². The number of rotatable bonds is 2. The molecule has 1 atom stereocenters. The molecule has 0 radical (unpaired) electrons. The Kier molecular flexibility index (Phi) is 3.76. The quantitative estimate of drug-likeness (QED) is 0.740. The van der Waals surface area contributed by atoms with Crippen molar-refractivity contribution in [2.45, 2.75) is 25.3 Å². The Hall–Kier alpha value is -1.11. The molecule has 2 rings (SSSR count). The first-order chi connectivity index (χ1) is 7.81. The summed E-state index contributed by atoms with van der Waals surface area (Å²) in [7, 11) is 0. The van der Waals surface area contributed by atoms with Crippen molar-refractivity contribution in [3.63, 3.8) is 0 Å². The van der Waals surface area contributed by atoms with Crippen LogP contribution in [0.5, 0.6) is 0 Å². The Morgan fingerprint density at radius 3 is 2.62 bits per heavy atom. The van der Waals surface area contributed by atoms with E-state index in [4.69, 9.17) is 11.6 Å². The average Bonchev–Trinajstić information content (AvgIpc) is 2.34. The van der Waals surface area contributed by atoms with E-state index < -0.39 is 0 Å². The summed E-state index contributed by atoms with van der Waals surface area (Å²) in [4.78, 5) is 6.25. The molecule has 0 amide bonds. The normalized spacial score (nSPS) is 19.0. The number of hydrogen-bond donors (Lipinski definition) is 0. The topological polar surface area (TPSA) is 39.9 Å². The van der Waals surface area contributed by atoms with Gasteiger partial charge in [0.05, 0.1) is 6.07 Å². The summed E-state index contributed by atoms with van der Waals surface area (Å²) in [5, 5.41) is 9.72. The Morgan fingerprint density at radius 2 is 2.06 bits per heavy atom. The lowest BCUT2D eigenvalue weighted by molar-refractivity contribution is 0.196. The van der Waals surface area contributed by atoms with E-state index in [-0.39, 0.29) is 6.04 Å². The maximum absolute atomic E-state index is 9.25. The van der Waals surface area contributed by atoms with Crippen molar-refractivity contribution in [3.05, 3.63) is 29.0 Å². The van der Waals surface area contributed by atoms with E-state index in [1.807, 2.05) is 6.07 Å². The molecule has 1 aromatic rings. The fourth-order valence-electron chi connectivity index (χ4n) is 2.09. The highest BCUT2D eigenvalue weighted by molar-refractivity contribution is 6.29. The van der Waals surface area contributed by atoms with Crippen LogP contribution in [0, 0.1) is 11.3 Å². The molecule has 0 spiro atoms. The van der Waals surface area contributed by atoms with E-state index in [9.17, 15) is 5.26 Å². The molecule has 16 heavy (non-hydrogen) atoms. The molecule has 0 aromatic carbocycles. The van der Waals surface area contributed by atoms with E-state index in [2.05, 4.69) is 16.0 Å². The molecule has 1 saturated heterocycles. The molecule has 4 heteroatoms. The lowest BCUT2D eigenvalue weighted by Crippen LogP contribution is -2.33. The first-order valence-electron chi connectivity index (χ1n) is 5.56. The lowest BCUT2D eigenvalue weighted by Gasteiger charge is -2.30. The second-order valence-corrected chi connectivity index (χ2v) is 4.43. The average molecular weight is 236 g/mol. The van der Waals surface area contributed by atoms with Gasteiger partial charge in [-0.05, 0) is 32.0 Å². The van der Waals surface area contributed by atoms with Crippen LogP contribution in [-0.4, -0.2) is 23.0 Å². The van der Waals surface area contributed by atoms with Crippen LogP contribution in [0.15, 0.2) is 18.3 Å². The number of pyridine rings is 1. The van der Waals surface area contributed by atoms with Crippen LogP contribution in [0.3, 0.4) is 0 Å². The summed E-state index contributed by atoms with van der Waals surface area (Å²) >= 11 is 5.74. The van der Waals surface area contributed by atoms with Gasteiger partial charge in [-0.1, -0.05) is 24.1 Å². The predicted molar refractivity (Wildman–Crippen MR) is 63.0 cm³/mol. The highest BCUT2D eigenvalue weighted by atomic mass is 35.5. The summed E-state index contributed by atoms with van der Waals surface area (Å²) < 4.78 is 0. The first kappa shape index (κ1) is 11.4. The van der Waals surface area contributed by atoms with Crippen LogP contribution in [0.1, 0.15) is 30.9 Å². The van der Waals surface area contributed by atoms with Crippen LogP contribution in [-0.2, 0) is 0 Å². The van der Waals surface area contributed by atoms with Crippen molar-refractivity contribution in [2.75, 3.05) is 13.1 Å². The summed E-state index contributed by atoms with van der Waals surface area (Å²) in [6.07, 6.45) is 5.33. The zero-order chi connectivity index (χ0) is 11.4. The van der Waals surface area contributed by atoms with Gasteiger partial charge in [0.1, 0.15) is 11.2 Å². The minimum atomic E-state index is -0.176. The van der Waals surface area contributed by atoms with E-state index in [0.29, 0.717) is 5.15 Å². The van der Waals surface area contributed by atoms with Gasteiger partial charge in [-0.25, -0.2) is 4.98 Å². The molecular formula is C12H14ClN3. The zero-order valence-electron chi connectivity index (χ0n) is 9.06. The third kappa shape index (κ3) is 2.52. The Labute approximate surface area is 101 Å². The molecule has 84 valence electrons. The zero-order valence-corrected chi connectivity index (χ0v) is 9.82. The van der Waals surface area contributed by atoms with E-state index in [1.54, 1.807) is 12.3 Å². The van der Waals surface area contributed by atoms with Crippen LogP contribution in [0.2, 0.25) is 5.15 Å². The molecule has 1 aromatic heterocycles. The van der Waals surface area contributed by atoms with Gasteiger partial charge in [0.15, 0.2) is 0 Å². The fraction of sp³-hybridized carbons (Fsp3) is 0.500. The minimum absolute atomic E-state index is 0.176. The van der Waals surface area contributed by atoms with Gasteiger partial charge >= 0.3 is 0 Å². The molecule has 0 saturated carbocycles. The van der Waals surface area contributed by atoms with Crippen molar-refractivity contribution >= 4 is 11.6 Å². The van der Waals surface area contributed by atoms with Crippen molar-refractivity contribution in [1.82, 2.24) is 9.88 Å². The largest absolute Gasteiger partial charge is 0.284 e. The third-order valence-electron chi connectivity index (χ3n) is 2.94. The molecule has 0 aliphatic carbocycles. The number of halogens is 1. The lowest BCUT2D eigenvalue weighted by atomic mass is 10.0. The maximum atomic E-state index is 9.25. The van der Waals surface area contributed by atoms with Crippen molar-refractivity contribution < 1.29 is 0 Å². The molecule has 3 nitrogen and oxygen atoms in total. The van der Waals surface area contributed by atoms with Crippen molar-refractivity contribution in [2.24, 2.45) is 0 Å². The third-order valence-corrected chi connectivity index (χ3v) is 3.17. The minimum Gasteiger partial charge on any atom is -0.284 e. The summed E-state index contributed by atoms with van der Waals surface area (Å²) in [6, 6.07) is 5.80. The Morgan fingerprint density at radius 1 is 1.31 bits per heavy atom. The van der Waals surface area contributed by atoms with E-state index in [0.717, 1.165) is 18.7 Å². The molecule has 1 fully saturated rings. The monoisotopic (exact) mass is 235 g/mol. The van der Waals surface area contributed by atoms with Gasteiger partial charge < -0.3 is 0 Å². The summed E-state index contributed by atoms with van der Waals surface area (Å²) in [6.45, 7) is 2.00. The number of nitrogens with zero attached hydrogens (tertiary/aromatic N) is 3. The highest BCUT2D eigenvalue weighted by Gasteiger charge is 2.21. The predicted octanol–water partition coefficient (Wildman–Crippen LogP) is 2.79. The second-order valence-electron chi connectivity index (χ2n) is 4.04. The maximum Gasteiger partial charge on any atom is 0.129 e. The molecule has 1 unspecified atom stereocenters. The standard InChI is InChI=1S/C12H14ClN3/c13-12-5-4-10(9-15-12)11(8-14)16-6-2-1-3-7-16/h4-5,9,11H,1-3,6-7H2. The van der Waals surface area contributed by atoms with Crippen LogP contribution < -0.4 is 0 Å². The SMILES string of the molecule is N#CC(c1ccc(Cl)nc1)N1CCCCC1. The van der Waals surface area contributed by atoms with Gasteiger partial charge in [0.25, 0.3) is 0 Å². The molecule has 0 N–H and O–H groups in total. The Balaban J connectivity index is 2.15. The number of nitriles is 1. The second kappa shape index (κ2) is 5.29. The molecule has 1 aliphatic rings. The number of aromatic nitrogens is 1. The molecule has 0 bridgehead atoms. The van der Waals surface area contributed by atoms with Crippen LogP contribution >= 0.6 is 11.6 Å². The van der Waals surface area contributed by atoms with Crippen LogP contribution in [0.25, 0.3) is 0 Å². The van der Waals surface area contributed by atoms with Crippen molar-refractivity contribution in [3.8, 4) is 6.07 Å². The molecule has 2 heterocycles. The fourth-order valence-corrected chi connectivity index (χ4v) is 2.20. The Bertz CT molecular complexity index is 376. The summed E-state index contributed by atoms with van der Waals surface area (Å²) in [5.41, 5.74) is 0.939. The van der Waals surface area contributed by atoms with Gasteiger partial charge in [-0.2, -0.15) is 5.26 Å². The van der Waals surface area contributed by atoms with Gasteiger partial charge in [0, 0.05) is 11.8 Å².